The molecule has 0 radical (unpaired) electrons. The van der Waals surface area contributed by atoms with Gasteiger partial charge in [-0.15, -0.1) is 0 Å². The van der Waals surface area contributed by atoms with Crippen molar-refractivity contribution < 1.29 is 19.4 Å². The zero-order valence-electron chi connectivity index (χ0n) is 12.0. The van der Waals surface area contributed by atoms with E-state index in [9.17, 15) is 9.90 Å². The van der Waals surface area contributed by atoms with Crippen molar-refractivity contribution in [3.8, 4) is 11.5 Å². The molecular formula is C16H14ClNO4. The number of nitrogens with one attached hydrogen (secondary N) is 1. The van der Waals surface area contributed by atoms with E-state index in [1.165, 1.54) is 14.2 Å². The number of carbonyl (C=O) groups excluding carboxylic acids is 1. The minimum Gasteiger partial charge on any atom is -0.493 e. The van der Waals surface area contributed by atoms with Crippen LogP contribution >= 0.6 is 11.6 Å². The molecule has 22 heavy (non-hydrogen) atoms. The lowest BCUT2D eigenvalue weighted by Crippen LogP contribution is -2.35. The largest absolute Gasteiger partial charge is 0.493 e. The van der Waals surface area contributed by atoms with Crippen LogP contribution in [0.5, 0.6) is 11.5 Å². The molecule has 0 bridgehead atoms. The first-order valence-corrected chi connectivity index (χ1v) is 6.95. The Hall–Kier alpha value is -2.24. The van der Waals surface area contributed by atoms with E-state index < -0.39 is 11.5 Å². The van der Waals surface area contributed by atoms with Crippen LogP contribution in [0.15, 0.2) is 36.4 Å². The monoisotopic (exact) mass is 319 g/mol. The number of amides is 1. The molecule has 0 aliphatic carbocycles. The van der Waals surface area contributed by atoms with Gasteiger partial charge in [0.25, 0.3) is 5.91 Å². The zero-order chi connectivity index (χ0) is 15.9. The third-order valence-electron chi connectivity index (χ3n) is 3.74. The molecule has 3 rings (SSSR count). The van der Waals surface area contributed by atoms with E-state index in [1.807, 2.05) is 0 Å². The molecule has 2 aromatic rings. The summed E-state index contributed by atoms with van der Waals surface area (Å²) in [4.78, 5) is 12.4. The normalized spacial score (nSPS) is 19.5. The predicted octanol–water partition coefficient (Wildman–Crippen LogP) is 2.55. The van der Waals surface area contributed by atoms with Gasteiger partial charge in [0.1, 0.15) is 0 Å². The van der Waals surface area contributed by atoms with Gasteiger partial charge in [-0.05, 0) is 24.3 Å². The molecule has 1 aliphatic rings. The Bertz CT molecular complexity index is 762. The number of halogens is 1. The smallest absolute Gasteiger partial charge is 0.266 e. The molecule has 2 N–H and O–H groups in total. The third kappa shape index (κ3) is 1.94. The summed E-state index contributed by atoms with van der Waals surface area (Å²) in [5.74, 6) is 0.170. The predicted molar refractivity (Wildman–Crippen MR) is 82.6 cm³/mol. The number of ether oxygens (including phenoxy) is 2. The number of benzene rings is 2. The van der Waals surface area contributed by atoms with Crippen molar-refractivity contribution >= 4 is 23.2 Å². The van der Waals surface area contributed by atoms with Crippen molar-refractivity contribution in [2.24, 2.45) is 0 Å². The van der Waals surface area contributed by atoms with Gasteiger partial charge in [0, 0.05) is 21.8 Å². The molecule has 1 amide bonds. The molecule has 0 saturated heterocycles. The van der Waals surface area contributed by atoms with E-state index in [0.29, 0.717) is 33.3 Å². The molecule has 1 atom stereocenters. The number of para-hydroxylation sites is 1. The number of aliphatic hydroxyl groups is 1. The summed E-state index contributed by atoms with van der Waals surface area (Å²) >= 11 is 6.01. The fraction of sp³-hybridized carbons (Fsp3) is 0.188. The van der Waals surface area contributed by atoms with Crippen LogP contribution in [0.1, 0.15) is 11.1 Å². The average Bonchev–Trinajstić information content (AvgIpc) is 2.78. The highest BCUT2D eigenvalue weighted by molar-refractivity contribution is 6.31. The molecule has 1 unspecified atom stereocenters. The molecule has 1 aliphatic heterocycles. The first-order chi connectivity index (χ1) is 10.5. The van der Waals surface area contributed by atoms with Crippen molar-refractivity contribution in [3.05, 3.63) is 52.5 Å². The lowest BCUT2D eigenvalue weighted by molar-refractivity contribution is -0.129. The van der Waals surface area contributed by atoms with Crippen LogP contribution in [-0.4, -0.2) is 25.2 Å². The van der Waals surface area contributed by atoms with Crippen LogP contribution in [0, 0.1) is 0 Å². The minimum atomic E-state index is -1.89. The van der Waals surface area contributed by atoms with E-state index in [2.05, 4.69) is 5.32 Å². The summed E-state index contributed by atoms with van der Waals surface area (Å²) in [5.41, 5.74) is -0.689. The molecule has 5 nitrogen and oxygen atoms in total. The maximum atomic E-state index is 12.4. The maximum absolute atomic E-state index is 12.4. The van der Waals surface area contributed by atoms with Gasteiger partial charge >= 0.3 is 0 Å². The quantitative estimate of drug-likeness (QED) is 0.912. The minimum absolute atomic E-state index is 0.299. The van der Waals surface area contributed by atoms with Gasteiger partial charge < -0.3 is 19.9 Å². The molecular weight excluding hydrogens is 306 g/mol. The van der Waals surface area contributed by atoms with Crippen molar-refractivity contribution in [2.45, 2.75) is 5.60 Å². The first-order valence-electron chi connectivity index (χ1n) is 6.57. The Labute approximate surface area is 132 Å². The van der Waals surface area contributed by atoms with Gasteiger partial charge in [-0.1, -0.05) is 23.7 Å². The topological polar surface area (TPSA) is 67.8 Å². The molecule has 114 valence electrons. The molecule has 1 heterocycles. The number of anilines is 1. The summed E-state index contributed by atoms with van der Waals surface area (Å²) in [5, 5.41) is 14.2. The van der Waals surface area contributed by atoms with Crippen LogP contribution in [0.3, 0.4) is 0 Å². The molecule has 2 aromatic carbocycles. The van der Waals surface area contributed by atoms with Gasteiger partial charge in [-0.2, -0.15) is 0 Å². The second-order valence-electron chi connectivity index (χ2n) is 4.90. The van der Waals surface area contributed by atoms with Crippen LogP contribution < -0.4 is 14.8 Å². The Morgan fingerprint density at radius 3 is 2.59 bits per heavy atom. The van der Waals surface area contributed by atoms with Crippen LogP contribution in [0.4, 0.5) is 5.69 Å². The van der Waals surface area contributed by atoms with Crippen LogP contribution in [0.2, 0.25) is 5.02 Å². The van der Waals surface area contributed by atoms with E-state index in [0.717, 1.165) is 0 Å². The number of hydrogen-bond acceptors (Lipinski definition) is 4. The molecule has 0 saturated carbocycles. The highest BCUT2D eigenvalue weighted by atomic mass is 35.5. The van der Waals surface area contributed by atoms with Gasteiger partial charge in [0.15, 0.2) is 17.1 Å². The summed E-state index contributed by atoms with van der Waals surface area (Å²) in [6.45, 7) is 0. The van der Waals surface area contributed by atoms with Crippen LogP contribution in [0.25, 0.3) is 0 Å². The average molecular weight is 320 g/mol. The van der Waals surface area contributed by atoms with E-state index in [4.69, 9.17) is 21.1 Å². The number of hydrogen-bond donors (Lipinski definition) is 2. The lowest BCUT2D eigenvalue weighted by Gasteiger charge is -2.24. The standard InChI is InChI=1S/C16H14ClNO4/c1-21-13-5-3-4-10(14(13)22-2)16(20)11-8-9(17)6-7-12(11)18-15(16)19/h3-8,20H,1-2H3,(H,18,19). The zero-order valence-corrected chi connectivity index (χ0v) is 12.8. The summed E-state index contributed by atoms with van der Waals surface area (Å²) in [6, 6.07) is 9.86. The van der Waals surface area contributed by atoms with Gasteiger partial charge in [0.2, 0.25) is 0 Å². The highest BCUT2D eigenvalue weighted by Gasteiger charge is 2.49. The SMILES string of the molecule is COc1cccc(C2(O)C(=O)Nc3ccc(Cl)cc32)c1OC. The molecule has 0 fully saturated rings. The molecule has 0 spiro atoms. The Kier molecular flexibility index (Phi) is 3.47. The van der Waals surface area contributed by atoms with E-state index in [-0.39, 0.29) is 0 Å². The summed E-state index contributed by atoms with van der Waals surface area (Å²) < 4.78 is 10.6. The first kappa shape index (κ1) is 14.7. The maximum Gasteiger partial charge on any atom is 0.266 e. The molecule has 6 heteroatoms. The Morgan fingerprint density at radius 1 is 1.14 bits per heavy atom. The fourth-order valence-electron chi connectivity index (χ4n) is 2.70. The van der Waals surface area contributed by atoms with E-state index in [1.54, 1.807) is 36.4 Å². The number of fused-ring (bicyclic) bond motifs is 1. The van der Waals surface area contributed by atoms with Crippen molar-refractivity contribution in [1.82, 2.24) is 0 Å². The molecule has 0 aromatic heterocycles. The summed E-state index contributed by atoms with van der Waals surface area (Å²) in [7, 11) is 2.95. The number of carbonyl (C=O) groups is 1. The van der Waals surface area contributed by atoms with Crippen molar-refractivity contribution in [2.75, 3.05) is 19.5 Å². The lowest BCUT2D eigenvalue weighted by atomic mass is 9.86. The third-order valence-corrected chi connectivity index (χ3v) is 3.98. The van der Waals surface area contributed by atoms with E-state index >= 15 is 0 Å². The highest BCUT2D eigenvalue weighted by Crippen LogP contribution is 2.47. The van der Waals surface area contributed by atoms with Crippen molar-refractivity contribution in [1.29, 1.82) is 0 Å². The Balaban J connectivity index is 2.28. The van der Waals surface area contributed by atoms with Crippen molar-refractivity contribution in [3.63, 3.8) is 0 Å². The number of methoxy groups -OCH3 is 2. The van der Waals surface area contributed by atoms with Crippen LogP contribution in [-0.2, 0) is 10.4 Å². The summed E-state index contributed by atoms with van der Waals surface area (Å²) in [6.07, 6.45) is 0. The number of rotatable bonds is 3. The van der Waals surface area contributed by atoms with Gasteiger partial charge in [-0.25, -0.2) is 0 Å². The second kappa shape index (κ2) is 5.19. The fourth-order valence-corrected chi connectivity index (χ4v) is 2.87. The Morgan fingerprint density at radius 2 is 1.91 bits per heavy atom. The van der Waals surface area contributed by atoms with Gasteiger partial charge in [-0.3, -0.25) is 4.79 Å². The second-order valence-corrected chi connectivity index (χ2v) is 5.33. The van der Waals surface area contributed by atoms with Gasteiger partial charge in [0.05, 0.1) is 14.2 Å².